The van der Waals surface area contributed by atoms with Crippen LogP contribution in [0.2, 0.25) is 0 Å². The Morgan fingerprint density at radius 1 is 1.26 bits per heavy atom. The minimum atomic E-state index is -0.0217. The van der Waals surface area contributed by atoms with E-state index in [9.17, 15) is 0 Å². The molecule has 6 nitrogen and oxygen atoms in total. The molecule has 0 aromatic carbocycles. The van der Waals surface area contributed by atoms with Crippen LogP contribution in [0, 0.1) is 0 Å². The van der Waals surface area contributed by atoms with Crippen LogP contribution in [0.1, 0.15) is 25.1 Å². The number of ether oxygens (including phenoxy) is 2. The first-order chi connectivity index (χ1) is 9.21. The largest absolute Gasteiger partial charge is 0.377 e. The predicted molar refractivity (Wildman–Crippen MR) is 74.4 cm³/mol. The van der Waals surface area contributed by atoms with Crippen LogP contribution in [0.4, 0.5) is 11.6 Å². The molecule has 6 heteroatoms. The van der Waals surface area contributed by atoms with Crippen molar-refractivity contribution in [1.82, 2.24) is 9.97 Å². The van der Waals surface area contributed by atoms with Crippen molar-refractivity contribution in [3.05, 3.63) is 11.9 Å². The lowest BCUT2D eigenvalue weighted by Gasteiger charge is -2.40. The van der Waals surface area contributed by atoms with Crippen molar-refractivity contribution >= 4 is 11.6 Å². The SMILES string of the molecule is CNc1cc(NCC2(OC)CCC2)nc(COC)n1. The van der Waals surface area contributed by atoms with E-state index < -0.39 is 0 Å². The Balaban J connectivity index is 2.04. The van der Waals surface area contributed by atoms with Gasteiger partial charge in [0.1, 0.15) is 18.2 Å². The third-order valence-corrected chi connectivity index (χ3v) is 3.59. The van der Waals surface area contributed by atoms with Gasteiger partial charge in [0, 0.05) is 33.9 Å². The Kier molecular flexibility index (Phi) is 4.55. The smallest absolute Gasteiger partial charge is 0.158 e. The van der Waals surface area contributed by atoms with Gasteiger partial charge in [-0.3, -0.25) is 0 Å². The molecule has 0 amide bonds. The zero-order valence-electron chi connectivity index (χ0n) is 11.8. The van der Waals surface area contributed by atoms with Crippen molar-refractivity contribution in [3.63, 3.8) is 0 Å². The Hall–Kier alpha value is -1.40. The maximum atomic E-state index is 5.58. The maximum absolute atomic E-state index is 5.58. The van der Waals surface area contributed by atoms with Gasteiger partial charge < -0.3 is 20.1 Å². The molecule has 0 saturated heterocycles. The van der Waals surface area contributed by atoms with Crippen LogP contribution in [-0.2, 0) is 16.1 Å². The van der Waals surface area contributed by atoms with Gasteiger partial charge in [0.25, 0.3) is 0 Å². The molecular formula is C13H22N4O2. The van der Waals surface area contributed by atoms with Crippen molar-refractivity contribution in [2.24, 2.45) is 0 Å². The van der Waals surface area contributed by atoms with Gasteiger partial charge in [-0.2, -0.15) is 0 Å². The van der Waals surface area contributed by atoms with Gasteiger partial charge in [-0.05, 0) is 19.3 Å². The molecule has 2 rings (SSSR count). The summed E-state index contributed by atoms with van der Waals surface area (Å²) in [5, 5.41) is 6.37. The van der Waals surface area contributed by atoms with Crippen molar-refractivity contribution < 1.29 is 9.47 Å². The average Bonchev–Trinajstić information content (AvgIpc) is 2.38. The fraction of sp³-hybridized carbons (Fsp3) is 0.692. The molecule has 0 spiro atoms. The Labute approximate surface area is 113 Å². The first-order valence-corrected chi connectivity index (χ1v) is 6.55. The zero-order valence-corrected chi connectivity index (χ0v) is 11.8. The fourth-order valence-corrected chi connectivity index (χ4v) is 2.19. The van der Waals surface area contributed by atoms with Crippen LogP contribution in [0.3, 0.4) is 0 Å². The fourth-order valence-electron chi connectivity index (χ4n) is 2.19. The summed E-state index contributed by atoms with van der Waals surface area (Å²) in [5.41, 5.74) is -0.0217. The van der Waals surface area contributed by atoms with E-state index in [-0.39, 0.29) is 5.60 Å². The Morgan fingerprint density at radius 3 is 2.53 bits per heavy atom. The minimum Gasteiger partial charge on any atom is -0.377 e. The molecule has 0 atom stereocenters. The minimum absolute atomic E-state index is 0.0217. The van der Waals surface area contributed by atoms with Crippen LogP contribution in [0.25, 0.3) is 0 Å². The molecule has 1 aromatic rings. The van der Waals surface area contributed by atoms with Gasteiger partial charge >= 0.3 is 0 Å². The van der Waals surface area contributed by atoms with E-state index in [2.05, 4.69) is 20.6 Å². The monoisotopic (exact) mass is 266 g/mol. The maximum Gasteiger partial charge on any atom is 0.158 e. The molecule has 106 valence electrons. The number of hydrogen-bond acceptors (Lipinski definition) is 6. The molecule has 1 aliphatic carbocycles. The van der Waals surface area contributed by atoms with E-state index in [1.807, 2.05) is 13.1 Å². The zero-order chi connectivity index (χ0) is 13.7. The summed E-state index contributed by atoms with van der Waals surface area (Å²) in [7, 11) is 5.25. The molecule has 2 N–H and O–H groups in total. The molecule has 0 aliphatic heterocycles. The van der Waals surface area contributed by atoms with Crippen molar-refractivity contribution in [2.45, 2.75) is 31.5 Å². The lowest BCUT2D eigenvalue weighted by molar-refractivity contribution is -0.0601. The van der Waals surface area contributed by atoms with Crippen LogP contribution in [0.5, 0.6) is 0 Å². The highest BCUT2D eigenvalue weighted by Crippen LogP contribution is 2.35. The number of rotatable bonds is 7. The second kappa shape index (κ2) is 6.16. The van der Waals surface area contributed by atoms with Crippen LogP contribution < -0.4 is 10.6 Å². The standard InChI is InChI=1S/C13H22N4O2/c1-14-10-7-11(17-12(16-10)8-18-2)15-9-13(19-3)5-4-6-13/h7H,4-6,8-9H2,1-3H3,(H2,14,15,16,17). The highest BCUT2D eigenvalue weighted by Gasteiger charge is 2.36. The molecular weight excluding hydrogens is 244 g/mol. The Morgan fingerprint density at radius 2 is 2.00 bits per heavy atom. The Bertz CT molecular complexity index is 416. The van der Waals surface area contributed by atoms with Gasteiger partial charge in [-0.15, -0.1) is 0 Å². The van der Waals surface area contributed by atoms with Gasteiger partial charge in [-0.25, -0.2) is 9.97 Å². The van der Waals surface area contributed by atoms with Crippen molar-refractivity contribution in [1.29, 1.82) is 0 Å². The summed E-state index contributed by atoms with van der Waals surface area (Å²) in [6.45, 7) is 1.18. The topological polar surface area (TPSA) is 68.3 Å². The van der Waals surface area contributed by atoms with Crippen LogP contribution in [0.15, 0.2) is 6.07 Å². The molecule has 0 unspecified atom stereocenters. The molecule has 0 radical (unpaired) electrons. The van der Waals surface area contributed by atoms with Crippen molar-refractivity contribution in [3.8, 4) is 0 Å². The molecule has 1 aliphatic rings. The second-order valence-electron chi connectivity index (χ2n) is 4.83. The molecule has 1 fully saturated rings. The number of nitrogens with one attached hydrogen (secondary N) is 2. The third-order valence-electron chi connectivity index (χ3n) is 3.59. The highest BCUT2D eigenvalue weighted by molar-refractivity contribution is 5.47. The van der Waals surface area contributed by atoms with Gasteiger partial charge in [0.05, 0.1) is 5.60 Å². The number of hydrogen-bond donors (Lipinski definition) is 2. The van der Waals surface area contributed by atoms with E-state index in [1.54, 1.807) is 14.2 Å². The lowest BCUT2D eigenvalue weighted by Crippen LogP contribution is -2.45. The number of anilines is 2. The van der Waals surface area contributed by atoms with E-state index in [1.165, 1.54) is 6.42 Å². The molecule has 19 heavy (non-hydrogen) atoms. The summed E-state index contributed by atoms with van der Waals surface area (Å²) in [6.07, 6.45) is 3.44. The number of aromatic nitrogens is 2. The summed E-state index contributed by atoms with van der Waals surface area (Å²) >= 11 is 0. The second-order valence-corrected chi connectivity index (χ2v) is 4.83. The quantitative estimate of drug-likeness (QED) is 0.782. The summed E-state index contributed by atoms with van der Waals surface area (Å²) in [5.74, 6) is 2.25. The molecule has 1 aromatic heterocycles. The van der Waals surface area contributed by atoms with Crippen molar-refractivity contribution in [2.75, 3.05) is 38.4 Å². The van der Waals surface area contributed by atoms with Gasteiger partial charge in [0.2, 0.25) is 0 Å². The van der Waals surface area contributed by atoms with E-state index >= 15 is 0 Å². The number of methoxy groups -OCH3 is 2. The normalized spacial score (nSPS) is 16.8. The van der Waals surface area contributed by atoms with E-state index in [0.29, 0.717) is 12.4 Å². The summed E-state index contributed by atoms with van der Waals surface area (Å²) in [4.78, 5) is 8.75. The lowest BCUT2D eigenvalue weighted by atomic mass is 9.80. The number of nitrogens with zero attached hydrogens (tertiary/aromatic N) is 2. The average molecular weight is 266 g/mol. The summed E-state index contributed by atoms with van der Waals surface area (Å²) in [6, 6.07) is 1.89. The first-order valence-electron chi connectivity index (χ1n) is 6.55. The predicted octanol–water partition coefficient (Wildman–Crippen LogP) is 1.65. The van der Waals surface area contributed by atoms with Gasteiger partial charge in [-0.1, -0.05) is 0 Å². The van der Waals surface area contributed by atoms with Crippen LogP contribution >= 0.6 is 0 Å². The van der Waals surface area contributed by atoms with Gasteiger partial charge in [0.15, 0.2) is 5.82 Å². The van der Waals surface area contributed by atoms with Crippen LogP contribution in [-0.4, -0.2) is 43.4 Å². The highest BCUT2D eigenvalue weighted by atomic mass is 16.5. The van der Waals surface area contributed by atoms with E-state index in [4.69, 9.17) is 9.47 Å². The molecule has 0 bridgehead atoms. The summed E-state index contributed by atoms with van der Waals surface area (Å²) < 4.78 is 10.7. The molecule has 1 saturated carbocycles. The third kappa shape index (κ3) is 3.33. The van der Waals surface area contributed by atoms with E-state index in [0.717, 1.165) is 31.0 Å². The first kappa shape index (κ1) is 14.0. The molecule has 1 heterocycles.